The lowest BCUT2D eigenvalue weighted by atomic mass is 10.2. The summed E-state index contributed by atoms with van der Waals surface area (Å²) in [5.74, 6) is 0. The Balaban J connectivity index is 2.30. The molecule has 0 saturated carbocycles. The SMILES string of the molecule is Cc1nn(C)c(C)c1CN(C)S(=O)(=O)c1cnn(C)c1. The van der Waals surface area contributed by atoms with Gasteiger partial charge >= 0.3 is 0 Å². The van der Waals surface area contributed by atoms with Crippen LogP contribution in [0.3, 0.4) is 0 Å². The molecule has 0 aliphatic heterocycles. The van der Waals surface area contributed by atoms with Crippen LogP contribution in [0, 0.1) is 13.8 Å². The summed E-state index contributed by atoms with van der Waals surface area (Å²) in [6.45, 7) is 4.11. The number of sulfonamides is 1. The highest BCUT2D eigenvalue weighted by Gasteiger charge is 2.24. The average molecular weight is 297 g/mol. The molecule has 2 aromatic heterocycles. The maximum Gasteiger partial charge on any atom is 0.246 e. The van der Waals surface area contributed by atoms with E-state index in [9.17, 15) is 8.42 Å². The van der Waals surface area contributed by atoms with Gasteiger partial charge in [-0.15, -0.1) is 0 Å². The fraction of sp³-hybridized carbons (Fsp3) is 0.500. The summed E-state index contributed by atoms with van der Waals surface area (Å²) in [7, 11) is 1.57. The first-order chi connectivity index (χ1) is 9.23. The van der Waals surface area contributed by atoms with E-state index >= 15 is 0 Å². The number of aromatic nitrogens is 4. The molecule has 0 radical (unpaired) electrons. The topological polar surface area (TPSA) is 73.0 Å². The fourth-order valence-corrected chi connectivity index (χ4v) is 3.19. The minimum Gasteiger partial charge on any atom is -0.274 e. The molecule has 2 rings (SSSR count). The minimum atomic E-state index is -3.53. The number of rotatable bonds is 4. The Morgan fingerprint density at radius 2 is 1.95 bits per heavy atom. The summed E-state index contributed by atoms with van der Waals surface area (Å²) < 4.78 is 29.4. The standard InChI is InChI=1S/C12H19N5O2S/c1-9-12(10(2)17(5)14-9)8-16(4)20(18,19)11-6-13-15(3)7-11/h6-7H,8H2,1-5H3. The average Bonchev–Trinajstić information content (AvgIpc) is 2.89. The summed E-state index contributed by atoms with van der Waals surface area (Å²) in [5, 5.41) is 8.21. The molecule has 7 nitrogen and oxygen atoms in total. The predicted molar refractivity (Wildman–Crippen MR) is 74.5 cm³/mol. The van der Waals surface area contributed by atoms with Gasteiger partial charge < -0.3 is 0 Å². The van der Waals surface area contributed by atoms with E-state index in [4.69, 9.17) is 0 Å². The Kier molecular flexibility index (Phi) is 3.70. The van der Waals surface area contributed by atoms with Crippen molar-refractivity contribution in [2.75, 3.05) is 7.05 Å². The summed E-state index contributed by atoms with van der Waals surface area (Å²) in [4.78, 5) is 0.196. The second-order valence-corrected chi connectivity index (χ2v) is 6.93. The summed E-state index contributed by atoms with van der Waals surface area (Å²) >= 11 is 0. The third kappa shape index (κ3) is 2.48. The number of hydrogen-bond donors (Lipinski definition) is 0. The zero-order valence-corrected chi connectivity index (χ0v) is 13.1. The first-order valence-corrected chi connectivity index (χ1v) is 7.61. The molecule has 110 valence electrons. The zero-order chi connectivity index (χ0) is 15.1. The Hall–Kier alpha value is -1.67. The van der Waals surface area contributed by atoms with E-state index < -0.39 is 10.0 Å². The lowest BCUT2D eigenvalue weighted by Gasteiger charge is -2.16. The Morgan fingerprint density at radius 1 is 1.30 bits per heavy atom. The maximum absolute atomic E-state index is 12.4. The molecule has 8 heteroatoms. The molecule has 0 N–H and O–H groups in total. The van der Waals surface area contributed by atoms with Crippen LogP contribution in [0.25, 0.3) is 0 Å². The molecule has 0 atom stereocenters. The second-order valence-electron chi connectivity index (χ2n) is 4.88. The molecular weight excluding hydrogens is 278 g/mol. The summed E-state index contributed by atoms with van der Waals surface area (Å²) in [6, 6.07) is 0. The molecule has 0 unspecified atom stereocenters. The van der Waals surface area contributed by atoms with Crippen molar-refractivity contribution >= 4 is 10.0 Å². The fourth-order valence-electron chi connectivity index (χ4n) is 2.07. The van der Waals surface area contributed by atoms with E-state index in [1.165, 1.54) is 21.4 Å². The van der Waals surface area contributed by atoms with Crippen LogP contribution in [-0.4, -0.2) is 39.3 Å². The van der Waals surface area contributed by atoms with Gasteiger partial charge in [0.1, 0.15) is 4.90 Å². The van der Waals surface area contributed by atoms with E-state index in [0.29, 0.717) is 6.54 Å². The van der Waals surface area contributed by atoms with Gasteiger partial charge in [0.25, 0.3) is 0 Å². The van der Waals surface area contributed by atoms with Crippen LogP contribution >= 0.6 is 0 Å². The van der Waals surface area contributed by atoms with Crippen LogP contribution in [0.1, 0.15) is 17.0 Å². The Morgan fingerprint density at radius 3 is 2.40 bits per heavy atom. The smallest absolute Gasteiger partial charge is 0.246 e. The quantitative estimate of drug-likeness (QED) is 0.828. The molecular formula is C12H19N5O2S. The molecule has 2 aromatic rings. The van der Waals surface area contributed by atoms with Gasteiger partial charge in [0.2, 0.25) is 10.0 Å². The lowest BCUT2D eigenvalue weighted by molar-refractivity contribution is 0.465. The van der Waals surface area contributed by atoms with Gasteiger partial charge in [-0.2, -0.15) is 14.5 Å². The van der Waals surface area contributed by atoms with Gasteiger partial charge in [0.15, 0.2) is 0 Å². The van der Waals surface area contributed by atoms with Gasteiger partial charge in [-0.05, 0) is 13.8 Å². The van der Waals surface area contributed by atoms with Crippen molar-refractivity contribution in [3.8, 4) is 0 Å². The summed E-state index contributed by atoms with van der Waals surface area (Å²) in [5.41, 5.74) is 2.75. The van der Waals surface area contributed by atoms with Crippen LogP contribution in [0.4, 0.5) is 0 Å². The highest BCUT2D eigenvalue weighted by atomic mass is 32.2. The zero-order valence-electron chi connectivity index (χ0n) is 12.3. The third-order valence-electron chi connectivity index (χ3n) is 3.43. The van der Waals surface area contributed by atoms with Crippen LogP contribution < -0.4 is 0 Å². The van der Waals surface area contributed by atoms with Gasteiger partial charge in [-0.25, -0.2) is 8.42 Å². The van der Waals surface area contributed by atoms with Crippen molar-refractivity contribution in [1.82, 2.24) is 23.9 Å². The van der Waals surface area contributed by atoms with Crippen molar-refractivity contribution in [1.29, 1.82) is 0 Å². The molecule has 0 aliphatic rings. The number of hydrogen-bond acceptors (Lipinski definition) is 4. The van der Waals surface area contributed by atoms with E-state index in [1.807, 2.05) is 20.9 Å². The normalized spacial score (nSPS) is 12.3. The van der Waals surface area contributed by atoms with Crippen LogP contribution in [-0.2, 0) is 30.7 Å². The van der Waals surface area contributed by atoms with Crippen LogP contribution in [0.5, 0.6) is 0 Å². The van der Waals surface area contributed by atoms with Gasteiger partial charge in [0.05, 0.1) is 11.9 Å². The van der Waals surface area contributed by atoms with Crippen LogP contribution in [0.15, 0.2) is 17.3 Å². The van der Waals surface area contributed by atoms with Gasteiger partial charge in [-0.3, -0.25) is 9.36 Å². The molecule has 0 fully saturated rings. The van der Waals surface area contributed by atoms with E-state index in [2.05, 4.69) is 10.2 Å². The van der Waals surface area contributed by atoms with Crippen molar-refractivity contribution in [3.63, 3.8) is 0 Å². The van der Waals surface area contributed by atoms with E-state index in [1.54, 1.807) is 18.8 Å². The third-order valence-corrected chi connectivity index (χ3v) is 5.19. The first kappa shape index (κ1) is 14.7. The summed E-state index contributed by atoms with van der Waals surface area (Å²) in [6.07, 6.45) is 2.85. The largest absolute Gasteiger partial charge is 0.274 e. The predicted octanol–water partition coefficient (Wildman–Crippen LogP) is 0.591. The molecule has 0 spiro atoms. The lowest BCUT2D eigenvalue weighted by Crippen LogP contribution is -2.26. The minimum absolute atomic E-state index is 0.196. The van der Waals surface area contributed by atoms with E-state index in [0.717, 1.165) is 17.0 Å². The van der Waals surface area contributed by atoms with Crippen LogP contribution in [0.2, 0.25) is 0 Å². The number of aryl methyl sites for hydroxylation is 3. The highest BCUT2D eigenvalue weighted by Crippen LogP contribution is 2.19. The molecule has 0 aliphatic carbocycles. The van der Waals surface area contributed by atoms with Gasteiger partial charge in [0, 0.05) is 45.1 Å². The first-order valence-electron chi connectivity index (χ1n) is 6.17. The maximum atomic E-state index is 12.4. The van der Waals surface area contributed by atoms with Crippen molar-refractivity contribution < 1.29 is 8.42 Å². The Labute approximate surface area is 118 Å². The second kappa shape index (κ2) is 5.02. The van der Waals surface area contributed by atoms with E-state index in [-0.39, 0.29) is 4.90 Å². The van der Waals surface area contributed by atoms with Crippen molar-refractivity contribution in [2.24, 2.45) is 14.1 Å². The molecule has 20 heavy (non-hydrogen) atoms. The Bertz CT molecular complexity index is 729. The monoisotopic (exact) mass is 297 g/mol. The molecule has 0 saturated heterocycles. The number of nitrogens with zero attached hydrogens (tertiary/aromatic N) is 5. The van der Waals surface area contributed by atoms with Gasteiger partial charge in [-0.1, -0.05) is 0 Å². The van der Waals surface area contributed by atoms with Crippen molar-refractivity contribution in [3.05, 3.63) is 29.3 Å². The molecule has 0 bridgehead atoms. The molecule has 0 aromatic carbocycles. The molecule has 2 heterocycles. The highest BCUT2D eigenvalue weighted by molar-refractivity contribution is 7.89. The van der Waals surface area contributed by atoms with Crippen molar-refractivity contribution in [2.45, 2.75) is 25.3 Å². The molecule has 0 amide bonds.